The monoisotopic (exact) mass is 303 g/mol. The van der Waals surface area contributed by atoms with Crippen LogP contribution in [0.15, 0.2) is 6.20 Å². The molecule has 17 heavy (non-hydrogen) atoms. The van der Waals surface area contributed by atoms with Gasteiger partial charge in [0.2, 0.25) is 0 Å². The molecule has 0 aliphatic heterocycles. The predicted octanol–water partition coefficient (Wildman–Crippen LogP) is 1.26. The standard InChI is InChI=1S/C11H18BrN3O2/c1-9-10(8-15(2)14-9)11(16)13-5-3-6-17-7-4-12/h8H,3-7H2,1-2H3,(H,13,16). The molecule has 1 amide bonds. The van der Waals surface area contributed by atoms with Gasteiger partial charge in [-0.1, -0.05) is 15.9 Å². The van der Waals surface area contributed by atoms with Crippen LogP contribution in [-0.2, 0) is 11.8 Å². The Kier molecular flexibility index (Phi) is 6.21. The zero-order chi connectivity index (χ0) is 12.7. The summed E-state index contributed by atoms with van der Waals surface area (Å²) < 4.78 is 6.93. The van der Waals surface area contributed by atoms with Gasteiger partial charge in [0, 0.05) is 31.7 Å². The number of carbonyl (C=O) groups excluding carboxylic acids is 1. The SMILES string of the molecule is Cc1nn(C)cc1C(=O)NCCCOCCBr. The van der Waals surface area contributed by atoms with Crippen molar-refractivity contribution in [3.05, 3.63) is 17.5 Å². The maximum atomic E-state index is 11.8. The maximum Gasteiger partial charge on any atom is 0.254 e. The number of carbonyl (C=O) groups is 1. The van der Waals surface area contributed by atoms with E-state index in [1.54, 1.807) is 17.9 Å². The number of hydrogen-bond acceptors (Lipinski definition) is 3. The highest BCUT2D eigenvalue weighted by Gasteiger charge is 2.11. The number of hydrogen-bond donors (Lipinski definition) is 1. The molecule has 5 nitrogen and oxygen atoms in total. The predicted molar refractivity (Wildman–Crippen MR) is 69.5 cm³/mol. The lowest BCUT2D eigenvalue weighted by molar-refractivity contribution is 0.0944. The molecule has 0 saturated carbocycles. The van der Waals surface area contributed by atoms with E-state index < -0.39 is 0 Å². The Morgan fingerprint density at radius 1 is 1.59 bits per heavy atom. The van der Waals surface area contributed by atoms with Crippen molar-refractivity contribution in [2.75, 3.05) is 25.1 Å². The zero-order valence-electron chi connectivity index (χ0n) is 10.2. The molecule has 0 radical (unpaired) electrons. The molecule has 6 heteroatoms. The Bertz CT molecular complexity index is 366. The van der Waals surface area contributed by atoms with Crippen LogP contribution < -0.4 is 5.32 Å². The van der Waals surface area contributed by atoms with Gasteiger partial charge in [0.1, 0.15) is 0 Å². The van der Waals surface area contributed by atoms with Crippen LogP contribution >= 0.6 is 15.9 Å². The Labute approximate surface area is 110 Å². The average Bonchev–Trinajstić information content (AvgIpc) is 2.62. The molecule has 0 aliphatic carbocycles. The number of nitrogens with zero attached hydrogens (tertiary/aromatic N) is 2. The normalized spacial score (nSPS) is 10.5. The molecule has 1 heterocycles. The number of nitrogens with one attached hydrogen (secondary N) is 1. The third kappa shape index (κ3) is 4.87. The molecule has 0 fully saturated rings. The fourth-order valence-corrected chi connectivity index (χ4v) is 1.68. The summed E-state index contributed by atoms with van der Waals surface area (Å²) in [5, 5.41) is 7.81. The molecular formula is C11H18BrN3O2. The lowest BCUT2D eigenvalue weighted by Crippen LogP contribution is -2.25. The highest BCUT2D eigenvalue weighted by atomic mass is 79.9. The van der Waals surface area contributed by atoms with E-state index in [0.717, 1.165) is 17.4 Å². The first-order valence-corrected chi connectivity index (χ1v) is 6.69. The van der Waals surface area contributed by atoms with Crippen LogP contribution in [0.1, 0.15) is 22.5 Å². The number of aryl methyl sites for hydroxylation is 2. The fourth-order valence-electron chi connectivity index (χ4n) is 1.45. The number of rotatable bonds is 7. The summed E-state index contributed by atoms with van der Waals surface area (Å²) in [5.41, 5.74) is 1.38. The van der Waals surface area contributed by atoms with E-state index in [1.807, 2.05) is 6.92 Å². The highest BCUT2D eigenvalue weighted by molar-refractivity contribution is 9.09. The number of aromatic nitrogens is 2. The van der Waals surface area contributed by atoms with E-state index in [9.17, 15) is 4.79 Å². The van der Waals surface area contributed by atoms with Crippen molar-refractivity contribution in [2.45, 2.75) is 13.3 Å². The summed E-state index contributed by atoms with van der Waals surface area (Å²) >= 11 is 3.28. The maximum absolute atomic E-state index is 11.8. The Morgan fingerprint density at radius 2 is 2.35 bits per heavy atom. The van der Waals surface area contributed by atoms with E-state index >= 15 is 0 Å². The van der Waals surface area contributed by atoms with Crippen LogP contribution in [0.5, 0.6) is 0 Å². The minimum Gasteiger partial charge on any atom is -0.381 e. The topological polar surface area (TPSA) is 56.2 Å². The van der Waals surface area contributed by atoms with Gasteiger partial charge in [-0.05, 0) is 13.3 Å². The van der Waals surface area contributed by atoms with Gasteiger partial charge in [0.15, 0.2) is 0 Å². The summed E-state index contributed by atoms with van der Waals surface area (Å²) in [6.07, 6.45) is 2.55. The van der Waals surface area contributed by atoms with Crippen LogP contribution in [0.4, 0.5) is 0 Å². The van der Waals surface area contributed by atoms with Gasteiger partial charge in [0.25, 0.3) is 5.91 Å². The lowest BCUT2D eigenvalue weighted by Gasteiger charge is -2.04. The second-order valence-electron chi connectivity index (χ2n) is 3.71. The Balaban J connectivity index is 2.23. The van der Waals surface area contributed by atoms with E-state index in [1.165, 1.54) is 0 Å². The van der Waals surface area contributed by atoms with Crippen molar-refractivity contribution in [3.8, 4) is 0 Å². The number of ether oxygens (including phenoxy) is 1. The number of halogens is 1. The minimum atomic E-state index is -0.0731. The van der Waals surface area contributed by atoms with Gasteiger partial charge >= 0.3 is 0 Å². The molecular weight excluding hydrogens is 286 g/mol. The molecule has 1 aromatic rings. The molecule has 1 rings (SSSR count). The fraction of sp³-hybridized carbons (Fsp3) is 0.636. The molecule has 0 bridgehead atoms. The summed E-state index contributed by atoms with van der Waals surface area (Å²) in [7, 11) is 1.80. The first kappa shape index (κ1) is 14.2. The first-order chi connectivity index (χ1) is 8.15. The van der Waals surface area contributed by atoms with E-state index in [0.29, 0.717) is 25.3 Å². The van der Waals surface area contributed by atoms with Crippen molar-refractivity contribution < 1.29 is 9.53 Å². The molecule has 1 aromatic heterocycles. The summed E-state index contributed by atoms with van der Waals surface area (Å²) in [4.78, 5) is 11.8. The molecule has 0 spiro atoms. The molecule has 0 aromatic carbocycles. The summed E-state index contributed by atoms with van der Waals surface area (Å²) in [6.45, 7) is 3.82. The van der Waals surface area contributed by atoms with Crippen molar-refractivity contribution >= 4 is 21.8 Å². The van der Waals surface area contributed by atoms with E-state index in [2.05, 4.69) is 26.3 Å². The largest absolute Gasteiger partial charge is 0.381 e. The zero-order valence-corrected chi connectivity index (χ0v) is 11.8. The summed E-state index contributed by atoms with van der Waals surface area (Å²) in [5.74, 6) is -0.0731. The molecule has 0 atom stereocenters. The smallest absolute Gasteiger partial charge is 0.254 e. The van der Waals surface area contributed by atoms with Crippen LogP contribution in [0.3, 0.4) is 0 Å². The molecule has 0 aliphatic rings. The third-order valence-electron chi connectivity index (χ3n) is 2.23. The molecule has 0 unspecified atom stereocenters. The van der Waals surface area contributed by atoms with Crippen LogP contribution in [0.2, 0.25) is 0 Å². The minimum absolute atomic E-state index is 0.0731. The molecule has 96 valence electrons. The second kappa shape index (κ2) is 7.45. The van der Waals surface area contributed by atoms with Crippen molar-refractivity contribution in [1.29, 1.82) is 0 Å². The number of amides is 1. The van der Waals surface area contributed by atoms with Gasteiger partial charge in [-0.2, -0.15) is 5.10 Å². The van der Waals surface area contributed by atoms with Crippen molar-refractivity contribution in [3.63, 3.8) is 0 Å². The average molecular weight is 304 g/mol. The second-order valence-corrected chi connectivity index (χ2v) is 4.51. The highest BCUT2D eigenvalue weighted by Crippen LogP contribution is 2.03. The van der Waals surface area contributed by atoms with Gasteiger partial charge in [-0.3, -0.25) is 9.48 Å². The number of alkyl halides is 1. The van der Waals surface area contributed by atoms with Crippen LogP contribution in [-0.4, -0.2) is 40.8 Å². The quantitative estimate of drug-likeness (QED) is 0.609. The molecule has 1 N–H and O–H groups in total. The molecule has 0 saturated heterocycles. The van der Waals surface area contributed by atoms with E-state index in [-0.39, 0.29) is 5.91 Å². The Hall–Kier alpha value is -0.880. The van der Waals surface area contributed by atoms with Gasteiger partial charge in [0.05, 0.1) is 17.9 Å². The van der Waals surface area contributed by atoms with Crippen molar-refractivity contribution in [2.24, 2.45) is 7.05 Å². The van der Waals surface area contributed by atoms with Gasteiger partial charge in [-0.25, -0.2) is 0 Å². The van der Waals surface area contributed by atoms with Crippen molar-refractivity contribution in [1.82, 2.24) is 15.1 Å². The van der Waals surface area contributed by atoms with Gasteiger partial charge < -0.3 is 10.1 Å². The Morgan fingerprint density at radius 3 is 2.94 bits per heavy atom. The van der Waals surface area contributed by atoms with E-state index in [4.69, 9.17) is 4.74 Å². The van der Waals surface area contributed by atoms with Crippen LogP contribution in [0.25, 0.3) is 0 Å². The third-order valence-corrected chi connectivity index (χ3v) is 2.55. The lowest BCUT2D eigenvalue weighted by atomic mass is 10.2. The van der Waals surface area contributed by atoms with Crippen LogP contribution in [0, 0.1) is 6.92 Å². The summed E-state index contributed by atoms with van der Waals surface area (Å²) in [6, 6.07) is 0. The first-order valence-electron chi connectivity index (χ1n) is 5.57. The van der Waals surface area contributed by atoms with Gasteiger partial charge in [-0.15, -0.1) is 0 Å².